The van der Waals surface area contributed by atoms with Gasteiger partial charge < -0.3 is 27.2 Å². The van der Waals surface area contributed by atoms with Crippen LogP contribution in [0.2, 0.25) is 0 Å². The van der Waals surface area contributed by atoms with Gasteiger partial charge in [0.05, 0.1) is 5.52 Å². The van der Waals surface area contributed by atoms with Crippen molar-refractivity contribution in [3.8, 4) is 11.5 Å². The van der Waals surface area contributed by atoms with Crippen LogP contribution in [0.4, 0.5) is 11.4 Å². The average molecular weight is 342 g/mol. The van der Waals surface area contributed by atoms with Crippen LogP contribution < -0.4 is 27.2 Å². The topological polar surface area (TPSA) is 43.4 Å². The Labute approximate surface area is 147 Å². The van der Waals surface area contributed by atoms with Crippen LogP contribution in [0.25, 0.3) is 10.9 Å². The first kappa shape index (κ1) is 16.4. The molecule has 5 heteroatoms. The van der Waals surface area contributed by atoms with Crippen molar-refractivity contribution in [2.45, 2.75) is 13.8 Å². The molecule has 2 aromatic carbocycles. The van der Waals surface area contributed by atoms with Crippen LogP contribution in [-0.2, 0) is 0 Å². The number of pyridine rings is 1. The van der Waals surface area contributed by atoms with Crippen LogP contribution in [0, 0.1) is 13.8 Å². The number of benzene rings is 2. The monoisotopic (exact) mass is 341 g/mol. The van der Waals surface area contributed by atoms with E-state index in [0.717, 1.165) is 39.5 Å². The predicted octanol–water partition coefficient (Wildman–Crippen LogP) is 1.37. The molecule has 124 valence electrons. The second kappa shape index (κ2) is 6.57. The highest BCUT2D eigenvalue weighted by Gasteiger charge is 2.12. The second-order valence-electron chi connectivity index (χ2n) is 5.77. The van der Waals surface area contributed by atoms with Gasteiger partial charge in [0.15, 0.2) is 11.5 Å². The lowest BCUT2D eigenvalue weighted by Crippen LogP contribution is -3.00. The Kier molecular flexibility index (Phi) is 4.49. The van der Waals surface area contributed by atoms with Crippen LogP contribution in [0.3, 0.4) is 0 Å². The number of ether oxygens (including phenoxy) is 2. The maximum atomic E-state index is 5.65. The highest BCUT2D eigenvalue weighted by Crippen LogP contribution is 2.35. The molecule has 0 atom stereocenters. The number of anilines is 2. The quantitative estimate of drug-likeness (QED) is 0.764. The van der Waals surface area contributed by atoms with Crippen molar-refractivity contribution in [2.24, 2.45) is 0 Å². The lowest BCUT2D eigenvalue weighted by Gasteiger charge is -2.19. The van der Waals surface area contributed by atoms with E-state index in [0.29, 0.717) is 13.2 Å². The van der Waals surface area contributed by atoms with E-state index >= 15 is 0 Å². The molecule has 0 saturated heterocycles. The summed E-state index contributed by atoms with van der Waals surface area (Å²) in [5, 5.41) is 4.61. The molecule has 0 saturated carbocycles. The summed E-state index contributed by atoms with van der Waals surface area (Å²) in [6.45, 7) is 5.30. The Bertz CT molecular complexity index is 896. The minimum Gasteiger partial charge on any atom is -1.00 e. The average Bonchev–Trinajstić information content (AvgIpc) is 2.56. The normalized spacial score (nSPS) is 12.6. The van der Waals surface area contributed by atoms with Crippen LogP contribution in [0.1, 0.15) is 11.3 Å². The number of aryl methyl sites for hydroxylation is 2. The van der Waals surface area contributed by atoms with Gasteiger partial charge in [-0.15, -0.1) is 0 Å². The number of nitrogens with zero attached hydrogens (tertiary/aromatic N) is 1. The van der Waals surface area contributed by atoms with E-state index in [2.05, 4.69) is 41.5 Å². The summed E-state index contributed by atoms with van der Waals surface area (Å²) >= 11 is 0. The molecule has 0 aliphatic carbocycles. The summed E-state index contributed by atoms with van der Waals surface area (Å²) in [6, 6.07) is 14.2. The van der Waals surface area contributed by atoms with Crippen molar-refractivity contribution >= 4 is 22.3 Å². The Hall–Kier alpha value is -2.46. The number of nitrogens with one attached hydrogen (secondary N) is 1. The summed E-state index contributed by atoms with van der Waals surface area (Å²) in [7, 11) is 0. The standard InChI is InChI=1S/C19H18N2O2.ClH/c1-12-4-3-5-15-16(10-13(2)20-19(12)15)21-14-6-7-17-18(11-14)23-9-8-22-17;/h3-7,10-11H,8-9H2,1-2H3,(H,20,21);1H/p-1. The van der Waals surface area contributed by atoms with E-state index in [1.54, 1.807) is 0 Å². The minimum atomic E-state index is 0. The third-order valence-corrected chi connectivity index (χ3v) is 3.99. The maximum absolute atomic E-state index is 5.65. The molecule has 1 aliphatic rings. The predicted molar refractivity (Wildman–Crippen MR) is 91.9 cm³/mol. The molecule has 1 N–H and O–H groups in total. The number of hydrogen-bond acceptors (Lipinski definition) is 4. The zero-order valence-corrected chi connectivity index (χ0v) is 14.4. The number of fused-ring (bicyclic) bond motifs is 2. The number of halogens is 1. The SMILES string of the molecule is Cc1cc(Nc2ccc3c(c2)OCCO3)c2cccc(C)c2n1.[Cl-]. The largest absolute Gasteiger partial charge is 1.00 e. The van der Waals surface area contributed by atoms with E-state index in [1.807, 2.05) is 25.1 Å². The summed E-state index contributed by atoms with van der Waals surface area (Å²) in [5.74, 6) is 1.58. The van der Waals surface area contributed by atoms with E-state index in [4.69, 9.17) is 9.47 Å². The molecular weight excluding hydrogens is 324 g/mol. The zero-order valence-electron chi connectivity index (χ0n) is 13.6. The van der Waals surface area contributed by atoms with Crippen LogP contribution in [0.5, 0.6) is 11.5 Å². The van der Waals surface area contributed by atoms with Gasteiger partial charge in [0, 0.05) is 28.5 Å². The molecule has 0 amide bonds. The fraction of sp³-hybridized carbons (Fsp3) is 0.211. The third kappa shape index (κ3) is 2.97. The zero-order chi connectivity index (χ0) is 15.8. The first-order chi connectivity index (χ1) is 11.2. The summed E-state index contributed by atoms with van der Waals surface area (Å²) < 4.78 is 11.2. The molecule has 0 fully saturated rings. The smallest absolute Gasteiger partial charge is 0.163 e. The molecule has 0 radical (unpaired) electrons. The molecule has 4 rings (SSSR count). The van der Waals surface area contributed by atoms with Crippen molar-refractivity contribution in [3.63, 3.8) is 0 Å². The molecule has 3 aromatic rings. The molecular formula is C19H18ClN2O2-. The van der Waals surface area contributed by atoms with Crippen molar-refractivity contribution in [1.29, 1.82) is 0 Å². The third-order valence-electron chi connectivity index (χ3n) is 3.99. The Morgan fingerprint density at radius 1 is 0.958 bits per heavy atom. The van der Waals surface area contributed by atoms with Gasteiger partial charge in [0.1, 0.15) is 13.2 Å². The maximum Gasteiger partial charge on any atom is 0.163 e. The van der Waals surface area contributed by atoms with Crippen LogP contribution in [-0.4, -0.2) is 18.2 Å². The fourth-order valence-electron chi connectivity index (χ4n) is 2.90. The lowest BCUT2D eigenvalue weighted by atomic mass is 10.1. The van der Waals surface area contributed by atoms with E-state index in [9.17, 15) is 0 Å². The molecule has 0 bridgehead atoms. The van der Waals surface area contributed by atoms with Crippen molar-refractivity contribution in [3.05, 3.63) is 53.7 Å². The molecule has 1 aliphatic heterocycles. The highest BCUT2D eigenvalue weighted by atomic mass is 35.5. The minimum absolute atomic E-state index is 0. The van der Waals surface area contributed by atoms with Crippen molar-refractivity contribution in [1.82, 2.24) is 4.98 Å². The van der Waals surface area contributed by atoms with Gasteiger partial charge in [-0.1, -0.05) is 18.2 Å². The molecule has 0 unspecified atom stereocenters. The van der Waals surface area contributed by atoms with Gasteiger partial charge in [0.25, 0.3) is 0 Å². The number of rotatable bonds is 2. The lowest BCUT2D eigenvalue weighted by molar-refractivity contribution is -0.00000533. The fourth-order valence-corrected chi connectivity index (χ4v) is 2.90. The molecule has 0 spiro atoms. The van der Waals surface area contributed by atoms with E-state index in [-0.39, 0.29) is 12.4 Å². The first-order valence-corrected chi connectivity index (χ1v) is 7.74. The summed E-state index contributed by atoms with van der Waals surface area (Å²) in [4.78, 5) is 4.66. The van der Waals surface area contributed by atoms with Crippen LogP contribution in [0.15, 0.2) is 42.5 Å². The highest BCUT2D eigenvalue weighted by molar-refractivity contribution is 5.95. The van der Waals surface area contributed by atoms with E-state index < -0.39 is 0 Å². The first-order valence-electron chi connectivity index (χ1n) is 7.74. The Morgan fingerprint density at radius 2 is 1.75 bits per heavy atom. The Morgan fingerprint density at radius 3 is 2.58 bits per heavy atom. The number of para-hydroxylation sites is 1. The molecule has 4 nitrogen and oxygen atoms in total. The number of hydrogen-bond donors (Lipinski definition) is 1. The second-order valence-corrected chi connectivity index (χ2v) is 5.77. The van der Waals surface area contributed by atoms with Gasteiger partial charge in [-0.2, -0.15) is 0 Å². The van der Waals surface area contributed by atoms with Crippen molar-refractivity contribution in [2.75, 3.05) is 18.5 Å². The van der Waals surface area contributed by atoms with Gasteiger partial charge in [-0.05, 0) is 37.6 Å². The summed E-state index contributed by atoms with van der Waals surface area (Å²) in [6.07, 6.45) is 0. The molecule has 1 aromatic heterocycles. The van der Waals surface area contributed by atoms with E-state index in [1.165, 1.54) is 5.56 Å². The van der Waals surface area contributed by atoms with Gasteiger partial charge in [0.2, 0.25) is 0 Å². The summed E-state index contributed by atoms with van der Waals surface area (Å²) in [5.41, 5.74) is 5.23. The van der Waals surface area contributed by atoms with Gasteiger partial charge in [-0.25, -0.2) is 0 Å². The molecule has 2 heterocycles. The number of aromatic nitrogens is 1. The van der Waals surface area contributed by atoms with Gasteiger partial charge in [-0.3, -0.25) is 4.98 Å². The van der Waals surface area contributed by atoms with Crippen LogP contribution >= 0.6 is 0 Å². The molecule has 24 heavy (non-hydrogen) atoms. The Balaban J connectivity index is 0.00000169. The van der Waals surface area contributed by atoms with Gasteiger partial charge >= 0.3 is 0 Å². The van der Waals surface area contributed by atoms with Crippen molar-refractivity contribution < 1.29 is 21.9 Å².